The van der Waals surface area contributed by atoms with Gasteiger partial charge in [-0.25, -0.2) is 0 Å². The first-order valence-electron chi connectivity index (χ1n) is 5.71. The van der Waals surface area contributed by atoms with Crippen molar-refractivity contribution in [2.24, 2.45) is 11.8 Å². The normalized spacial score (nSPS) is 22.2. The Morgan fingerprint density at radius 2 is 2.31 bits per heavy atom. The average Bonchev–Trinajstić information content (AvgIpc) is 2.35. The summed E-state index contributed by atoms with van der Waals surface area (Å²) in [6, 6.07) is 0. The second kappa shape index (κ2) is 6.48. The van der Waals surface area contributed by atoms with Gasteiger partial charge in [-0.3, -0.25) is 9.59 Å². The van der Waals surface area contributed by atoms with Crippen molar-refractivity contribution in [2.75, 3.05) is 26.7 Å². The monoisotopic (exact) mass is 228 g/mol. The summed E-state index contributed by atoms with van der Waals surface area (Å²) < 4.78 is 4.59. The predicted molar refractivity (Wildman–Crippen MR) is 59.8 cm³/mol. The van der Waals surface area contributed by atoms with Crippen LogP contribution in [-0.4, -0.2) is 38.6 Å². The Morgan fingerprint density at radius 3 is 2.88 bits per heavy atom. The number of esters is 1. The van der Waals surface area contributed by atoms with Gasteiger partial charge in [0.1, 0.15) is 0 Å². The van der Waals surface area contributed by atoms with Crippen LogP contribution >= 0.6 is 0 Å². The molecule has 0 aromatic rings. The maximum Gasteiger partial charge on any atom is 0.310 e. The molecule has 1 heterocycles. The van der Waals surface area contributed by atoms with Gasteiger partial charge in [0.05, 0.1) is 18.9 Å². The van der Waals surface area contributed by atoms with Gasteiger partial charge in [0.2, 0.25) is 5.91 Å². The number of hydrogen-bond acceptors (Lipinski definition) is 4. The second-order valence-corrected chi connectivity index (χ2v) is 4.21. The zero-order valence-corrected chi connectivity index (χ0v) is 9.91. The first-order valence-corrected chi connectivity index (χ1v) is 5.71. The molecule has 0 spiro atoms. The smallest absolute Gasteiger partial charge is 0.310 e. The van der Waals surface area contributed by atoms with Gasteiger partial charge >= 0.3 is 5.97 Å². The molecule has 1 fully saturated rings. The second-order valence-electron chi connectivity index (χ2n) is 4.21. The van der Waals surface area contributed by atoms with E-state index in [-0.39, 0.29) is 23.7 Å². The first kappa shape index (κ1) is 13.0. The van der Waals surface area contributed by atoms with Gasteiger partial charge in [-0.1, -0.05) is 6.92 Å². The molecule has 1 aliphatic heterocycles. The number of nitrogens with one attached hydrogen (secondary N) is 2. The third-order valence-electron chi connectivity index (χ3n) is 2.85. The molecule has 92 valence electrons. The van der Waals surface area contributed by atoms with Crippen LogP contribution in [0.4, 0.5) is 0 Å². The lowest BCUT2D eigenvalue weighted by atomic mass is 9.98. The zero-order valence-electron chi connectivity index (χ0n) is 9.91. The van der Waals surface area contributed by atoms with Crippen LogP contribution < -0.4 is 10.6 Å². The average molecular weight is 228 g/mol. The Bertz CT molecular complexity index is 250. The van der Waals surface area contributed by atoms with Crippen LogP contribution in [0.5, 0.6) is 0 Å². The maximum absolute atomic E-state index is 11.7. The summed E-state index contributed by atoms with van der Waals surface area (Å²) in [5, 5.41) is 5.97. The van der Waals surface area contributed by atoms with Crippen molar-refractivity contribution in [3.8, 4) is 0 Å². The SMILES string of the molecule is COC(=O)C(C)CNC(=O)C1CCCNC1. The molecule has 2 atom stereocenters. The Morgan fingerprint density at radius 1 is 1.56 bits per heavy atom. The van der Waals surface area contributed by atoms with E-state index in [1.807, 2.05) is 0 Å². The van der Waals surface area contributed by atoms with Gasteiger partial charge in [0, 0.05) is 13.1 Å². The topological polar surface area (TPSA) is 67.4 Å². The van der Waals surface area contributed by atoms with Crippen LogP contribution in [0, 0.1) is 11.8 Å². The van der Waals surface area contributed by atoms with E-state index in [2.05, 4.69) is 15.4 Å². The minimum Gasteiger partial charge on any atom is -0.469 e. The fourth-order valence-electron chi connectivity index (χ4n) is 1.76. The fourth-order valence-corrected chi connectivity index (χ4v) is 1.76. The molecule has 0 radical (unpaired) electrons. The van der Waals surface area contributed by atoms with E-state index in [0.29, 0.717) is 6.54 Å². The molecule has 1 amide bonds. The van der Waals surface area contributed by atoms with Crippen LogP contribution in [0.15, 0.2) is 0 Å². The quantitative estimate of drug-likeness (QED) is 0.660. The molecule has 0 saturated carbocycles. The molecule has 16 heavy (non-hydrogen) atoms. The van der Waals surface area contributed by atoms with Crippen molar-refractivity contribution in [3.63, 3.8) is 0 Å². The van der Waals surface area contributed by atoms with Crippen molar-refractivity contribution in [1.29, 1.82) is 0 Å². The van der Waals surface area contributed by atoms with E-state index in [4.69, 9.17) is 0 Å². The molecule has 0 aliphatic carbocycles. The van der Waals surface area contributed by atoms with Crippen molar-refractivity contribution in [3.05, 3.63) is 0 Å². The summed E-state index contributed by atoms with van der Waals surface area (Å²) in [5.74, 6) is -0.505. The summed E-state index contributed by atoms with van der Waals surface area (Å²) in [5.41, 5.74) is 0. The molecule has 0 aromatic heterocycles. The van der Waals surface area contributed by atoms with E-state index in [1.54, 1.807) is 6.92 Å². The van der Waals surface area contributed by atoms with Crippen LogP contribution in [0.2, 0.25) is 0 Å². The molecule has 2 N–H and O–H groups in total. The molecular formula is C11H20N2O3. The number of amides is 1. The highest BCUT2D eigenvalue weighted by molar-refractivity contribution is 5.80. The number of ether oxygens (including phenoxy) is 1. The Balaban J connectivity index is 2.26. The predicted octanol–water partition coefficient (Wildman–Crippen LogP) is -0.0887. The number of piperidine rings is 1. The van der Waals surface area contributed by atoms with E-state index in [9.17, 15) is 9.59 Å². The van der Waals surface area contributed by atoms with Gasteiger partial charge < -0.3 is 15.4 Å². The fraction of sp³-hybridized carbons (Fsp3) is 0.818. The molecule has 5 nitrogen and oxygen atoms in total. The van der Waals surface area contributed by atoms with Gasteiger partial charge in [0.15, 0.2) is 0 Å². The molecule has 5 heteroatoms. The summed E-state index contributed by atoms with van der Waals surface area (Å²) in [6.45, 7) is 3.81. The third-order valence-corrected chi connectivity index (χ3v) is 2.85. The number of rotatable bonds is 4. The summed E-state index contributed by atoms with van der Waals surface area (Å²) >= 11 is 0. The van der Waals surface area contributed by atoms with Crippen LogP contribution in [0.25, 0.3) is 0 Å². The standard InChI is InChI=1S/C11H20N2O3/c1-8(11(15)16-2)6-13-10(14)9-4-3-5-12-7-9/h8-9,12H,3-7H2,1-2H3,(H,13,14). The largest absolute Gasteiger partial charge is 0.469 e. The Kier molecular flexibility index (Phi) is 5.25. The lowest BCUT2D eigenvalue weighted by Crippen LogP contribution is -2.42. The van der Waals surface area contributed by atoms with E-state index < -0.39 is 0 Å². The highest BCUT2D eigenvalue weighted by Crippen LogP contribution is 2.09. The summed E-state index contributed by atoms with van der Waals surface area (Å²) in [7, 11) is 1.35. The molecule has 0 bridgehead atoms. The van der Waals surface area contributed by atoms with Gasteiger partial charge in [-0.2, -0.15) is 0 Å². The van der Waals surface area contributed by atoms with Crippen LogP contribution in [0.3, 0.4) is 0 Å². The van der Waals surface area contributed by atoms with Crippen molar-refractivity contribution in [1.82, 2.24) is 10.6 Å². The van der Waals surface area contributed by atoms with E-state index in [1.165, 1.54) is 7.11 Å². The highest BCUT2D eigenvalue weighted by Gasteiger charge is 2.22. The van der Waals surface area contributed by atoms with Gasteiger partial charge in [0.25, 0.3) is 0 Å². The van der Waals surface area contributed by atoms with Crippen molar-refractivity contribution in [2.45, 2.75) is 19.8 Å². The third kappa shape index (κ3) is 3.81. The minimum absolute atomic E-state index is 0.0305. The van der Waals surface area contributed by atoms with E-state index >= 15 is 0 Å². The summed E-state index contributed by atoms with van der Waals surface area (Å²) in [6.07, 6.45) is 1.95. The lowest BCUT2D eigenvalue weighted by Gasteiger charge is -2.22. The number of hydrogen-bond donors (Lipinski definition) is 2. The number of methoxy groups -OCH3 is 1. The molecule has 1 aliphatic rings. The molecule has 1 saturated heterocycles. The zero-order chi connectivity index (χ0) is 12.0. The summed E-state index contributed by atoms with van der Waals surface area (Å²) in [4.78, 5) is 22.8. The molecule has 0 aromatic carbocycles. The van der Waals surface area contributed by atoms with Gasteiger partial charge in [-0.15, -0.1) is 0 Å². The van der Waals surface area contributed by atoms with E-state index in [0.717, 1.165) is 25.9 Å². The van der Waals surface area contributed by atoms with Crippen LogP contribution in [0.1, 0.15) is 19.8 Å². The molecule has 1 rings (SSSR count). The number of carbonyl (C=O) groups is 2. The van der Waals surface area contributed by atoms with Crippen molar-refractivity contribution < 1.29 is 14.3 Å². The Labute approximate surface area is 95.9 Å². The lowest BCUT2D eigenvalue weighted by molar-refractivity contribution is -0.144. The molecule has 2 unspecified atom stereocenters. The first-order chi connectivity index (χ1) is 7.65. The molecular weight excluding hydrogens is 208 g/mol. The highest BCUT2D eigenvalue weighted by atomic mass is 16.5. The van der Waals surface area contributed by atoms with Crippen LogP contribution in [-0.2, 0) is 14.3 Å². The maximum atomic E-state index is 11.7. The van der Waals surface area contributed by atoms with Crippen molar-refractivity contribution >= 4 is 11.9 Å². The number of carbonyl (C=O) groups excluding carboxylic acids is 2. The Hall–Kier alpha value is -1.10. The van der Waals surface area contributed by atoms with Gasteiger partial charge in [-0.05, 0) is 19.4 Å². The minimum atomic E-state index is -0.290.